The standard InChI is InChI=1S/C22H30N4O5S/c1-24-11-13-25(14-12-24)18-7-5-17(6-8-18)23-22(27)16-26(32(4,28)29)19-9-10-20(30-2)21(15-19)31-3/h5-10,15H,11-14,16H2,1-4H3,(H,23,27). The van der Waals surface area contributed by atoms with Crippen molar-refractivity contribution in [3.8, 4) is 11.5 Å². The molecule has 174 valence electrons. The van der Waals surface area contributed by atoms with Crippen molar-refractivity contribution in [2.24, 2.45) is 0 Å². The number of benzene rings is 2. The van der Waals surface area contributed by atoms with E-state index in [9.17, 15) is 13.2 Å². The van der Waals surface area contributed by atoms with Crippen LogP contribution in [0.3, 0.4) is 0 Å². The van der Waals surface area contributed by atoms with E-state index in [2.05, 4.69) is 22.2 Å². The normalized spacial score (nSPS) is 14.7. The molecule has 0 atom stereocenters. The lowest BCUT2D eigenvalue weighted by Gasteiger charge is -2.34. The number of rotatable bonds is 8. The zero-order valence-electron chi connectivity index (χ0n) is 18.9. The zero-order valence-corrected chi connectivity index (χ0v) is 19.7. The van der Waals surface area contributed by atoms with E-state index >= 15 is 0 Å². The summed E-state index contributed by atoms with van der Waals surface area (Å²) in [6, 6.07) is 12.3. The number of likely N-dealkylation sites (N-methyl/N-ethyl adjacent to an activating group) is 1. The first kappa shape index (κ1) is 23.7. The Morgan fingerprint density at radius 1 is 1.00 bits per heavy atom. The summed E-state index contributed by atoms with van der Waals surface area (Å²) in [6.07, 6.45) is 1.06. The smallest absolute Gasteiger partial charge is 0.245 e. The summed E-state index contributed by atoms with van der Waals surface area (Å²) >= 11 is 0. The molecule has 2 aromatic rings. The summed E-state index contributed by atoms with van der Waals surface area (Å²) in [7, 11) is 1.36. The summed E-state index contributed by atoms with van der Waals surface area (Å²) in [4.78, 5) is 17.2. The van der Waals surface area contributed by atoms with E-state index in [1.54, 1.807) is 12.1 Å². The Morgan fingerprint density at radius 2 is 1.62 bits per heavy atom. The Hall–Kier alpha value is -2.98. The van der Waals surface area contributed by atoms with Gasteiger partial charge in [-0.3, -0.25) is 9.10 Å². The zero-order chi connectivity index (χ0) is 23.3. The summed E-state index contributed by atoms with van der Waals surface area (Å²) in [5.74, 6) is 0.394. The van der Waals surface area contributed by atoms with Crippen molar-refractivity contribution in [3.05, 3.63) is 42.5 Å². The fraction of sp³-hybridized carbons (Fsp3) is 0.409. The van der Waals surface area contributed by atoms with E-state index in [0.29, 0.717) is 22.9 Å². The van der Waals surface area contributed by atoms with Crippen LogP contribution < -0.4 is 24.0 Å². The summed E-state index contributed by atoms with van der Waals surface area (Å²) < 4.78 is 36.2. The van der Waals surface area contributed by atoms with E-state index in [0.717, 1.165) is 42.4 Å². The molecule has 1 aliphatic rings. The average Bonchev–Trinajstić information content (AvgIpc) is 2.77. The maximum absolute atomic E-state index is 12.7. The number of hydrogen-bond donors (Lipinski definition) is 1. The highest BCUT2D eigenvalue weighted by Crippen LogP contribution is 2.32. The predicted octanol–water partition coefficient (Wildman–Crippen LogP) is 1.86. The van der Waals surface area contributed by atoms with Crippen LogP contribution in [-0.4, -0.2) is 79.5 Å². The van der Waals surface area contributed by atoms with Crippen LogP contribution in [0.1, 0.15) is 0 Å². The van der Waals surface area contributed by atoms with Crippen molar-refractivity contribution in [1.82, 2.24) is 4.90 Å². The molecule has 1 N–H and O–H groups in total. The third-order valence-electron chi connectivity index (χ3n) is 5.36. The van der Waals surface area contributed by atoms with E-state index in [4.69, 9.17) is 9.47 Å². The molecule has 3 rings (SSSR count). The van der Waals surface area contributed by atoms with E-state index in [1.807, 2.05) is 24.3 Å². The molecule has 9 nitrogen and oxygen atoms in total. The SMILES string of the molecule is COc1ccc(N(CC(=O)Nc2ccc(N3CCN(C)CC3)cc2)S(C)(=O)=O)cc1OC. The van der Waals surface area contributed by atoms with Gasteiger partial charge in [0, 0.05) is 43.6 Å². The van der Waals surface area contributed by atoms with Gasteiger partial charge in [-0.25, -0.2) is 8.42 Å². The second kappa shape index (κ2) is 10.1. The first-order valence-corrected chi connectivity index (χ1v) is 12.1. The van der Waals surface area contributed by atoms with Crippen LogP contribution in [0.5, 0.6) is 11.5 Å². The van der Waals surface area contributed by atoms with Gasteiger partial charge in [0.25, 0.3) is 0 Å². The molecule has 1 fully saturated rings. The number of anilines is 3. The Bertz CT molecular complexity index is 1030. The lowest BCUT2D eigenvalue weighted by atomic mass is 10.2. The number of carbonyl (C=O) groups excluding carboxylic acids is 1. The molecule has 0 radical (unpaired) electrons. The van der Waals surface area contributed by atoms with Gasteiger partial charge in [-0.15, -0.1) is 0 Å². The van der Waals surface area contributed by atoms with Crippen LogP contribution in [0.2, 0.25) is 0 Å². The Kier molecular flexibility index (Phi) is 7.47. The Morgan fingerprint density at radius 3 is 2.19 bits per heavy atom. The van der Waals surface area contributed by atoms with E-state index in [-0.39, 0.29) is 6.54 Å². The highest BCUT2D eigenvalue weighted by Gasteiger charge is 2.22. The highest BCUT2D eigenvalue weighted by molar-refractivity contribution is 7.92. The van der Waals surface area contributed by atoms with Crippen molar-refractivity contribution in [2.45, 2.75) is 0 Å². The van der Waals surface area contributed by atoms with Crippen LogP contribution in [0.4, 0.5) is 17.1 Å². The van der Waals surface area contributed by atoms with Crippen molar-refractivity contribution in [1.29, 1.82) is 0 Å². The molecule has 1 amide bonds. The number of amides is 1. The van der Waals surface area contributed by atoms with Gasteiger partial charge in [-0.2, -0.15) is 0 Å². The third kappa shape index (κ3) is 5.83. The van der Waals surface area contributed by atoms with Gasteiger partial charge >= 0.3 is 0 Å². The molecule has 0 bridgehead atoms. The third-order valence-corrected chi connectivity index (χ3v) is 6.50. The van der Waals surface area contributed by atoms with Gasteiger partial charge in [0.2, 0.25) is 15.9 Å². The van der Waals surface area contributed by atoms with Crippen molar-refractivity contribution < 1.29 is 22.7 Å². The van der Waals surface area contributed by atoms with Crippen LogP contribution >= 0.6 is 0 Å². The average molecular weight is 463 g/mol. The molecular weight excluding hydrogens is 432 g/mol. The topological polar surface area (TPSA) is 91.4 Å². The lowest BCUT2D eigenvalue weighted by molar-refractivity contribution is -0.114. The molecule has 1 heterocycles. The number of nitrogens with one attached hydrogen (secondary N) is 1. The fourth-order valence-corrected chi connectivity index (χ4v) is 4.38. The first-order chi connectivity index (χ1) is 15.2. The maximum Gasteiger partial charge on any atom is 0.245 e. The van der Waals surface area contributed by atoms with Crippen LogP contribution in [0.15, 0.2) is 42.5 Å². The monoisotopic (exact) mass is 462 g/mol. The largest absolute Gasteiger partial charge is 0.493 e. The van der Waals surface area contributed by atoms with Gasteiger partial charge in [-0.1, -0.05) is 0 Å². The van der Waals surface area contributed by atoms with Crippen LogP contribution in [-0.2, 0) is 14.8 Å². The number of piperazine rings is 1. The highest BCUT2D eigenvalue weighted by atomic mass is 32.2. The molecule has 0 aromatic heterocycles. The van der Waals surface area contributed by atoms with Crippen LogP contribution in [0.25, 0.3) is 0 Å². The van der Waals surface area contributed by atoms with Gasteiger partial charge in [0.15, 0.2) is 11.5 Å². The minimum atomic E-state index is -3.71. The number of nitrogens with zero attached hydrogens (tertiary/aromatic N) is 3. The second-order valence-electron chi connectivity index (χ2n) is 7.69. The molecule has 1 saturated heterocycles. The molecule has 0 unspecified atom stereocenters. The van der Waals surface area contributed by atoms with Gasteiger partial charge < -0.3 is 24.6 Å². The van der Waals surface area contributed by atoms with Gasteiger partial charge in [0.1, 0.15) is 6.54 Å². The number of carbonyl (C=O) groups is 1. The summed E-state index contributed by atoms with van der Waals surface area (Å²) in [5, 5.41) is 2.77. The molecule has 1 aliphatic heterocycles. The molecule has 0 spiro atoms. The summed E-state index contributed by atoms with van der Waals surface area (Å²) in [5.41, 5.74) is 2.01. The molecule has 10 heteroatoms. The molecule has 2 aromatic carbocycles. The maximum atomic E-state index is 12.7. The first-order valence-electron chi connectivity index (χ1n) is 10.2. The summed E-state index contributed by atoms with van der Waals surface area (Å²) in [6.45, 7) is 3.56. The predicted molar refractivity (Wildman–Crippen MR) is 127 cm³/mol. The lowest BCUT2D eigenvalue weighted by Crippen LogP contribution is -2.44. The minimum absolute atomic E-state index is 0.311. The molecule has 32 heavy (non-hydrogen) atoms. The van der Waals surface area contributed by atoms with Crippen molar-refractivity contribution in [2.75, 3.05) is 74.8 Å². The fourth-order valence-electron chi connectivity index (χ4n) is 3.53. The number of methoxy groups -OCH3 is 2. The van der Waals surface area contributed by atoms with E-state index < -0.39 is 15.9 Å². The number of ether oxygens (including phenoxy) is 2. The van der Waals surface area contributed by atoms with Crippen LogP contribution in [0, 0.1) is 0 Å². The second-order valence-corrected chi connectivity index (χ2v) is 9.60. The van der Waals surface area contributed by atoms with Gasteiger partial charge in [-0.05, 0) is 43.4 Å². The Balaban J connectivity index is 1.70. The van der Waals surface area contributed by atoms with Crippen molar-refractivity contribution in [3.63, 3.8) is 0 Å². The molecule has 0 saturated carbocycles. The quantitative estimate of drug-likeness (QED) is 0.640. The van der Waals surface area contributed by atoms with E-state index in [1.165, 1.54) is 20.3 Å². The van der Waals surface area contributed by atoms with Crippen molar-refractivity contribution >= 4 is 33.0 Å². The van der Waals surface area contributed by atoms with Gasteiger partial charge in [0.05, 0.1) is 26.2 Å². The molecule has 0 aliphatic carbocycles. The Labute approximate surface area is 189 Å². The number of hydrogen-bond acceptors (Lipinski definition) is 7. The minimum Gasteiger partial charge on any atom is -0.493 e. The number of sulfonamides is 1. The molecular formula is C22H30N4O5S.